The minimum atomic E-state index is -0.679. The van der Waals surface area contributed by atoms with E-state index in [2.05, 4.69) is 16.3 Å². The highest BCUT2D eigenvalue weighted by atomic mass is 32.2. The topological polar surface area (TPSA) is 60.2 Å². The summed E-state index contributed by atoms with van der Waals surface area (Å²) in [5.74, 6) is 0.938. The van der Waals surface area contributed by atoms with E-state index in [0.717, 1.165) is 23.1 Å². The average Bonchev–Trinajstić information content (AvgIpc) is 3.11. The van der Waals surface area contributed by atoms with Gasteiger partial charge in [0, 0.05) is 23.4 Å². The maximum atomic E-state index is 13.6. The van der Waals surface area contributed by atoms with E-state index >= 15 is 0 Å². The van der Waals surface area contributed by atoms with Crippen LogP contribution < -0.4 is 0 Å². The highest BCUT2D eigenvalue weighted by Crippen LogP contribution is 2.25. The molecule has 0 amide bonds. The van der Waals surface area contributed by atoms with Crippen molar-refractivity contribution in [1.29, 1.82) is 0 Å². The second kappa shape index (κ2) is 9.82. The van der Waals surface area contributed by atoms with E-state index in [4.69, 9.17) is 4.74 Å². The fourth-order valence-corrected chi connectivity index (χ4v) is 3.73. The van der Waals surface area contributed by atoms with E-state index < -0.39 is 6.10 Å². The van der Waals surface area contributed by atoms with Crippen LogP contribution in [0.4, 0.5) is 4.39 Å². The Morgan fingerprint density at radius 2 is 2.00 bits per heavy atom. The summed E-state index contributed by atoms with van der Waals surface area (Å²) in [6, 6.07) is 14.6. The Morgan fingerprint density at radius 1 is 1.18 bits per heavy atom. The van der Waals surface area contributed by atoms with Gasteiger partial charge in [0.2, 0.25) is 0 Å². The number of halogens is 1. The van der Waals surface area contributed by atoms with Gasteiger partial charge in [-0.05, 0) is 26.0 Å². The van der Waals surface area contributed by atoms with Crippen molar-refractivity contribution in [2.45, 2.75) is 38.3 Å². The number of benzene rings is 2. The molecule has 3 aromatic rings. The molecule has 0 aliphatic rings. The lowest BCUT2D eigenvalue weighted by Gasteiger charge is -2.12. The SMILES string of the molecule is CCn1c(SCC(O)COCc2ccccc2F)nnc1-c1cccc(C)c1. The van der Waals surface area contributed by atoms with E-state index in [1.807, 2.05) is 36.6 Å². The molecule has 2 aromatic carbocycles. The number of hydrogen-bond acceptors (Lipinski definition) is 5. The Balaban J connectivity index is 1.55. The number of aliphatic hydroxyl groups is 1. The first-order chi connectivity index (χ1) is 13.6. The number of hydrogen-bond donors (Lipinski definition) is 1. The predicted octanol–water partition coefficient (Wildman–Crippen LogP) is 4.08. The zero-order chi connectivity index (χ0) is 19.9. The van der Waals surface area contributed by atoms with Crippen LogP contribution in [0.25, 0.3) is 11.4 Å². The third-order valence-electron chi connectivity index (χ3n) is 4.24. The lowest BCUT2D eigenvalue weighted by molar-refractivity contribution is 0.0386. The van der Waals surface area contributed by atoms with Crippen LogP contribution in [0.5, 0.6) is 0 Å². The van der Waals surface area contributed by atoms with Crippen LogP contribution in [0.1, 0.15) is 18.1 Å². The van der Waals surface area contributed by atoms with Crippen LogP contribution in [-0.4, -0.2) is 38.3 Å². The largest absolute Gasteiger partial charge is 0.390 e. The quantitative estimate of drug-likeness (QED) is 0.548. The molecule has 148 valence electrons. The lowest BCUT2D eigenvalue weighted by Crippen LogP contribution is -2.18. The standard InChI is InChI=1S/C21H24FN3O2S/c1-3-25-20(16-9-6-7-15(2)11-16)23-24-21(25)28-14-18(26)13-27-12-17-8-4-5-10-19(17)22/h4-11,18,26H,3,12-14H2,1-2H3. The van der Waals surface area contributed by atoms with Crippen molar-refractivity contribution in [2.24, 2.45) is 0 Å². The molecular formula is C21H24FN3O2S. The summed E-state index contributed by atoms with van der Waals surface area (Å²) in [5.41, 5.74) is 2.67. The van der Waals surface area contributed by atoms with Gasteiger partial charge in [-0.15, -0.1) is 10.2 Å². The van der Waals surface area contributed by atoms with E-state index in [9.17, 15) is 9.50 Å². The van der Waals surface area contributed by atoms with Gasteiger partial charge in [0.25, 0.3) is 0 Å². The first-order valence-electron chi connectivity index (χ1n) is 9.20. The van der Waals surface area contributed by atoms with Crippen molar-refractivity contribution in [2.75, 3.05) is 12.4 Å². The molecule has 1 N–H and O–H groups in total. The van der Waals surface area contributed by atoms with Crippen LogP contribution >= 0.6 is 11.8 Å². The molecule has 0 aliphatic carbocycles. The summed E-state index contributed by atoms with van der Waals surface area (Å²) >= 11 is 1.43. The summed E-state index contributed by atoms with van der Waals surface area (Å²) < 4.78 is 21.1. The molecule has 0 bridgehead atoms. The number of aryl methyl sites for hydroxylation is 1. The molecule has 7 heteroatoms. The molecule has 0 saturated heterocycles. The predicted molar refractivity (Wildman–Crippen MR) is 109 cm³/mol. The van der Waals surface area contributed by atoms with Crippen LogP contribution in [0.15, 0.2) is 53.7 Å². The molecule has 0 aliphatic heterocycles. The van der Waals surface area contributed by atoms with Crippen molar-refractivity contribution in [3.05, 3.63) is 65.5 Å². The second-order valence-electron chi connectivity index (χ2n) is 6.49. The number of aromatic nitrogens is 3. The minimum absolute atomic E-state index is 0.131. The summed E-state index contributed by atoms with van der Waals surface area (Å²) in [7, 11) is 0. The third-order valence-corrected chi connectivity index (χ3v) is 5.35. The fraction of sp³-hybridized carbons (Fsp3) is 0.333. The summed E-state index contributed by atoms with van der Waals surface area (Å²) in [4.78, 5) is 0. The molecule has 1 aromatic heterocycles. The smallest absolute Gasteiger partial charge is 0.191 e. The molecular weight excluding hydrogens is 377 g/mol. The van der Waals surface area contributed by atoms with E-state index in [1.165, 1.54) is 23.4 Å². The minimum Gasteiger partial charge on any atom is -0.390 e. The summed E-state index contributed by atoms with van der Waals surface area (Å²) in [5, 5.41) is 19.5. The molecule has 5 nitrogen and oxygen atoms in total. The summed E-state index contributed by atoms with van der Waals surface area (Å²) in [6.07, 6.45) is -0.679. The van der Waals surface area contributed by atoms with Crippen molar-refractivity contribution in [3.8, 4) is 11.4 Å². The van der Waals surface area contributed by atoms with Gasteiger partial charge in [0.1, 0.15) is 5.82 Å². The van der Waals surface area contributed by atoms with Gasteiger partial charge in [-0.25, -0.2) is 4.39 Å². The van der Waals surface area contributed by atoms with Gasteiger partial charge in [0.15, 0.2) is 11.0 Å². The van der Waals surface area contributed by atoms with Crippen molar-refractivity contribution < 1.29 is 14.2 Å². The lowest BCUT2D eigenvalue weighted by atomic mass is 10.1. The molecule has 0 saturated carbocycles. The highest BCUT2D eigenvalue weighted by molar-refractivity contribution is 7.99. The Labute approximate surface area is 168 Å². The number of thioether (sulfide) groups is 1. The zero-order valence-corrected chi connectivity index (χ0v) is 16.8. The molecule has 3 rings (SSSR count). The molecule has 28 heavy (non-hydrogen) atoms. The second-order valence-corrected chi connectivity index (χ2v) is 7.48. The van der Waals surface area contributed by atoms with Crippen molar-refractivity contribution in [1.82, 2.24) is 14.8 Å². The van der Waals surface area contributed by atoms with Crippen LogP contribution in [-0.2, 0) is 17.9 Å². The fourth-order valence-electron chi connectivity index (χ4n) is 2.82. The Hall–Kier alpha value is -2.22. The van der Waals surface area contributed by atoms with Gasteiger partial charge in [-0.3, -0.25) is 0 Å². The number of nitrogens with zero attached hydrogens (tertiary/aromatic N) is 3. The summed E-state index contributed by atoms with van der Waals surface area (Å²) in [6.45, 7) is 5.09. The van der Waals surface area contributed by atoms with E-state index in [0.29, 0.717) is 11.3 Å². The van der Waals surface area contributed by atoms with Gasteiger partial charge >= 0.3 is 0 Å². The van der Waals surface area contributed by atoms with Gasteiger partial charge in [0.05, 0.1) is 19.3 Å². The van der Waals surface area contributed by atoms with Gasteiger partial charge in [-0.2, -0.15) is 0 Å². The van der Waals surface area contributed by atoms with Crippen LogP contribution in [0.2, 0.25) is 0 Å². The Bertz CT molecular complexity index is 916. The first-order valence-corrected chi connectivity index (χ1v) is 10.2. The van der Waals surface area contributed by atoms with Gasteiger partial charge in [-0.1, -0.05) is 53.7 Å². The third kappa shape index (κ3) is 5.19. The highest BCUT2D eigenvalue weighted by Gasteiger charge is 2.15. The van der Waals surface area contributed by atoms with Crippen LogP contribution in [0, 0.1) is 12.7 Å². The number of aliphatic hydroxyl groups excluding tert-OH is 1. The maximum absolute atomic E-state index is 13.6. The Kier molecular flexibility index (Phi) is 7.19. The van der Waals surface area contributed by atoms with E-state index in [-0.39, 0.29) is 19.0 Å². The number of ether oxygens (including phenoxy) is 1. The number of rotatable bonds is 9. The molecule has 0 radical (unpaired) electrons. The molecule has 0 spiro atoms. The maximum Gasteiger partial charge on any atom is 0.191 e. The molecule has 1 atom stereocenters. The normalized spacial score (nSPS) is 12.3. The van der Waals surface area contributed by atoms with Crippen molar-refractivity contribution in [3.63, 3.8) is 0 Å². The first kappa shape index (κ1) is 20.5. The monoisotopic (exact) mass is 401 g/mol. The molecule has 0 fully saturated rings. The van der Waals surface area contributed by atoms with Crippen LogP contribution in [0.3, 0.4) is 0 Å². The van der Waals surface area contributed by atoms with Gasteiger partial charge < -0.3 is 14.4 Å². The van der Waals surface area contributed by atoms with Crippen molar-refractivity contribution >= 4 is 11.8 Å². The average molecular weight is 402 g/mol. The zero-order valence-electron chi connectivity index (χ0n) is 16.0. The molecule has 1 unspecified atom stereocenters. The van der Waals surface area contributed by atoms with E-state index in [1.54, 1.807) is 18.2 Å². The Morgan fingerprint density at radius 3 is 2.75 bits per heavy atom. The molecule has 1 heterocycles.